The first kappa shape index (κ1) is 17.9. The minimum absolute atomic E-state index is 0.00530. The molecule has 1 heterocycles. The van der Waals surface area contributed by atoms with Crippen LogP contribution >= 0.6 is 0 Å². The molecule has 3 N–H and O–H groups in total. The van der Waals surface area contributed by atoms with Gasteiger partial charge in [-0.05, 0) is 32.6 Å². The molecule has 0 saturated carbocycles. The number of hydrogen-bond donors (Lipinski definition) is 3. The van der Waals surface area contributed by atoms with E-state index >= 15 is 0 Å². The van der Waals surface area contributed by atoms with E-state index in [0.29, 0.717) is 6.42 Å². The Balaban J connectivity index is 2.69. The number of carboxylic acid groups (broad SMARTS) is 1. The van der Waals surface area contributed by atoms with E-state index in [1.54, 1.807) is 13.8 Å². The Labute approximate surface area is 137 Å². The lowest BCUT2D eigenvalue weighted by Crippen LogP contribution is -2.36. The molecule has 0 aromatic carbocycles. The van der Waals surface area contributed by atoms with Gasteiger partial charge in [-0.15, -0.1) is 0 Å². The predicted octanol–water partition coefficient (Wildman–Crippen LogP) is 0.737. The average Bonchev–Trinajstić information content (AvgIpc) is 3.15. The topological polar surface area (TPSA) is 116 Å². The Morgan fingerprint density at radius 2 is 1.91 bits per heavy atom. The summed E-state index contributed by atoms with van der Waals surface area (Å²) in [6, 6.07) is 0. The molecule has 0 aliphatic carbocycles. The van der Waals surface area contributed by atoms with Crippen LogP contribution in [0.4, 0.5) is 0 Å². The van der Waals surface area contributed by atoms with E-state index in [9.17, 15) is 19.5 Å². The molecule has 1 rings (SSSR count). The summed E-state index contributed by atoms with van der Waals surface area (Å²) in [5, 5.41) is 21.0. The number of amides is 1. The summed E-state index contributed by atoms with van der Waals surface area (Å²) in [5.41, 5.74) is -0.942. The second-order valence-corrected chi connectivity index (χ2v) is 6.98. The van der Waals surface area contributed by atoms with Crippen molar-refractivity contribution in [2.45, 2.75) is 64.8 Å². The molecule has 1 aliphatic rings. The van der Waals surface area contributed by atoms with Crippen molar-refractivity contribution in [3.63, 3.8) is 0 Å². The average molecular weight is 330 g/mol. The predicted molar refractivity (Wildman–Crippen MR) is 82.8 cm³/mol. The number of carboxylic acids is 1. The second-order valence-electron chi connectivity index (χ2n) is 6.98. The summed E-state index contributed by atoms with van der Waals surface area (Å²) in [5.74, 6) is -4.04. The number of aliphatic hydroxyl groups is 1. The zero-order valence-electron chi connectivity index (χ0n) is 15.1. The number of carbonyl (C=O) groups excluding carboxylic acids is 2. The zero-order valence-corrected chi connectivity index (χ0v) is 14.1. The first-order valence-electron chi connectivity index (χ1n) is 8.27. The van der Waals surface area contributed by atoms with Gasteiger partial charge >= 0.3 is 5.97 Å². The number of Topliss-reactive ketones (excluding diaryl/α,β-unsaturated/α-hetero) is 1. The van der Waals surface area contributed by atoms with Crippen LogP contribution in [0, 0.1) is 11.8 Å². The molecule has 0 aromatic heterocycles. The van der Waals surface area contributed by atoms with Gasteiger partial charge in [0.25, 0.3) is 0 Å². The number of nitrogens with one attached hydrogen (secondary N) is 1. The van der Waals surface area contributed by atoms with Gasteiger partial charge in [0.05, 0.1) is 5.60 Å². The van der Waals surface area contributed by atoms with Crippen molar-refractivity contribution in [2.24, 2.45) is 11.8 Å². The molecular weight excluding hydrogens is 302 g/mol. The van der Waals surface area contributed by atoms with Crippen LogP contribution in [0.1, 0.15) is 48.3 Å². The molecule has 0 unspecified atom stereocenters. The number of hydrogen-bond acceptors (Lipinski definition) is 5. The highest BCUT2D eigenvalue weighted by Gasteiger charge is 2.50. The van der Waals surface area contributed by atoms with Gasteiger partial charge in [0.1, 0.15) is 0 Å². The highest BCUT2D eigenvalue weighted by molar-refractivity contribution is 5.95. The number of ether oxygens (including phenoxy) is 1. The van der Waals surface area contributed by atoms with Crippen molar-refractivity contribution in [1.29, 1.82) is 0 Å². The fourth-order valence-electron chi connectivity index (χ4n) is 2.20. The van der Waals surface area contributed by atoms with Crippen LogP contribution in [0.15, 0.2) is 0 Å². The van der Waals surface area contributed by atoms with Crippen LogP contribution in [-0.2, 0) is 19.1 Å². The summed E-state index contributed by atoms with van der Waals surface area (Å²) in [6.45, 7) is 7.09. The van der Waals surface area contributed by atoms with Gasteiger partial charge in [-0.2, -0.15) is 0 Å². The largest absolute Gasteiger partial charge is 0.479 e. The standard InChI is InChI=1S/C16H27NO6/c1-9(2)7-10(14(19)17-6-5-16(3,4)22)8-11(18)12-13(23-12)15(20)21/h9-10,12-13,22H,5-8H2,1-4H3,(H,17,19)(H,20,21)/t10-,12+,13-/m0/s1/i10D. The van der Waals surface area contributed by atoms with Crippen molar-refractivity contribution < 1.29 is 30.7 Å². The minimum Gasteiger partial charge on any atom is -0.479 e. The van der Waals surface area contributed by atoms with Crippen LogP contribution in [0.25, 0.3) is 0 Å². The SMILES string of the molecule is [2H][C@@](CC(=O)[C@H]1O[C@@H]1C(=O)O)(CC(C)C)C(=O)NCCC(C)(C)O. The monoisotopic (exact) mass is 330 g/mol. The lowest BCUT2D eigenvalue weighted by Gasteiger charge is -2.20. The Bertz CT molecular complexity index is 501. The summed E-state index contributed by atoms with van der Waals surface area (Å²) in [7, 11) is 0. The lowest BCUT2D eigenvalue weighted by molar-refractivity contribution is -0.138. The van der Waals surface area contributed by atoms with Crippen LogP contribution < -0.4 is 5.32 Å². The number of rotatable bonds is 10. The third-order valence-electron chi connectivity index (χ3n) is 3.44. The van der Waals surface area contributed by atoms with E-state index in [2.05, 4.69) is 5.32 Å². The van der Waals surface area contributed by atoms with Gasteiger partial charge < -0.3 is 20.3 Å². The van der Waals surface area contributed by atoms with Gasteiger partial charge in [-0.1, -0.05) is 13.8 Å². The smallest absolute Gasteiger partial charge is 0.336 e. The van der Waals surface area contributed by atoms with E-state index in [0.717, 1.165) is 0 Å². The van der Waals surface area contributed by atoms with E-state index in [4.69, 9.17) is 11.2 Å². The van der Waals surface area contributed by atoms with Gasteiger partial charge in [0.15, 0.2) is 18.0 Å². The van der Waals surface area contributed by atoms with Crippen LogP contribution in [0.2, 0.25) is 0 Å². The van der Waals surface area contributed by atoms with Crippen molar-refractivity contribution in [1.82, 2.24) is 5.32 Å². The molecule has 0 bridgehead atoms. The third kappa shape index (κ3) is 7.09. The molecule has 132 valence electrons. The summed E-state index contributed by atoms with van der Waals surface area (Å²) < 4.78 is 13.2. The molecule has 7 nitrogen and oxygen atoms in total. The van der Waals surface area contributed by atoms with Crippen molar-refractivity contribution in [2.75, 3.05) is 6.54 Å². The Kier molecular flexibility index (Phi) is 6.12. The third-order valence-corrected chi connectivity index (χ3v) is 3.44. The Morgan fingerprint density at radius 1 is 1.30 bits per heavy atom. The number of ketones is 1. The first-order valence-corrected chi connectivity index (χ1v) is 7.77. The molecule has 0 spiro atoms. The lowest BCUT2D eigenvalue weighted by atomic mass is 9.90. The van der Waals surface area contributed by atoms with Crippen LogP contribution in [-0.4, -0.2) is 52.2 Å². The number of carbonyl (C=O) groups is 3. The van der Waals surface area contributed by atoms with Gasteiger partial charge in [-0.3, -0.25) is 9.59 Å². The van der Waals surface area contributed by atoms with E-state index in [1.807, 2.05) is 13.8 Å². The fourth-order valence-corrected chi connectivity index (χ4v) is 2.20. The molecule has 1 fully saturated rings. The fraction of sp³-hybridized carbons (Fsp3) is 0.812. The molecule has 3 atom stereocenters. The van der Waals surface area contributed by atoms with Crippen LogP contribution in [0.3, 0.4) is 0 Å². The molecule has 1 aliphatic heterocycles. The molecule has 1 saturated heterocycles. The molecule has 0 radical (unpaired) electrons. The highest BCUT2D eigenvalue weighted by atomic mass is 16.6. The van der Waals surface area contributed by atoms with E-state index in [-0.39, 0.29) is 18.9 Å². The van der Waals surface area contributed by atoms with Crippen LogP contribution in [0.5, 0.6) is 0 Å². The molecule has 7 heteroatoms. The summed E-state index contributed by atoms with van der Waals surface area (Å²) in [4.78, 5) is 35.3. The number of epoxide rings is 1. The normalized spacial score (nSPS) is 23.8. The summed E-state index contributed by atoms with van der Waals surface area (Å²) in [6.07, 6.45) is -2.15. The maximum atomic E-state index is 12.4. The Morgan fingerprint density at radius 3 is 2.35 bits per heavy atom. The molecule has 1 amide bonds. The molecule has 0 aromatic rings. The van der Waals surface area contributed by atoms with E-state index < -0.39 is 47.8 Å². The maximum Gasteiger partial charge on any atom is 0.336 e. The van der Waals surface area contributed by atoms with Crippen molar-refractivity contribution in [3.05, 3.63) is 0 Å². The van der Waals surface area contributed by atoms with Gasteiger partial charge in [0, 0.05) is 20.2 Å². The van der Waals surface area contributed by atoms with E-state index in [1.165, 1.54) is 0 Å². The Hall–Kier alpha value is -1.47. The van der Waals surface area contributed by atoms with Gasteiger partial charge in [-0.25, -0.2) is 4.79 Å². The quantitative estimate of drug-likeness (QED) is 0.509. The highest BCUT2D eigenvalue weighted by Crippen LogP contribution is 2.27. The second kappa shape index (κ2) is 7.88. The summed E-state index contributed by atoms with van der Waals surface area (Å²) >= 11 is 0. The maximum absolute atomic E-state index is 12.4. The van der Waals surface area contributed by atoms with Crippen molar-refractivity contribution >= 4 is 17.7 Å². The number of aliphatic carboxylic acids is 1. The molecule has 23 heavy (non-hydrogen) atoms. The molecular formula is C16H27NO6. The van der Waals surface area contributed by atoms with Crippen molar-refractivity contribution in [3.8, 4) is 0 Å². The van der Waals surface area contributed by atoms with Gasteiger partial charge in [0.2, 0.25) is 5.91 Å². The zero-order chi connectivity index (χ0) is 18.7. The first-order chi connectivity index (χ1) is 10.9. The minimum atomic E-state index is -1.68.